The van der Waals surface area contributed by atoms with E-state index in [9.17, 15) is 24.3 Å². The first-order valence-electron chi connectivity index (χ1n) is 17.2. The lowest BCUT2D eigenvalue weighted by Gasteiger charge is -2.36. The lowest BCUT2D eigenvalue weighted by molar-refractivity contribution is -0.149. The summed E-state index contributed by atoms with van der Waals surface area (Å²) in [5.74, 6) is -3.66. The molecule has 12 heteroatoms. The first-order valence-corrected chi connectivity index (χ1v) is 17.2. The van der Waals surface area contributed by atoms with E-state index >= 15 is 0 Å². The molecule has 0 radical (unpaired) electrons. The zero-order valence-electron chi connectivity index (χ0n) is 30.9. The Morgan fingerprint density at radius 1 is 0.849 bits per heavy atom. The first-order chi connectivity index (χ1) is 25.3. The number of carbonyl (C=O) groups is 4. The van der Waals surface area contributed by atoms with Crippen molar-refractivity contribution in [2.24, 2.45) is 5.92 Å². The number of nitrogens with one attached hydrogen (secondary N) is 2. The highest BCUT2D eigenvalue weighted by atomic mass is 16.5. The Bertz CT molecular complexity index is 2320. The Balaban J connectivity index is 1.76. The number of rotatable bonds is 9. The van der Waals surface area contributed by atoms with Crippen molar-refractivity contribution in [3.8, 4) is 0 Å². The number of hydrogen-bond donors (Lipinski definition) is 3. The normalized spacial score (nSPS) is 18.4. The molecular weight excluding hydrogens is 676 g/mol. The van der Waals surface area contributed by atoms with E-state index in [1.165, 1.54) is 21.3 Å². The lowest BCUT2D eigenvalue weighted by atomic mass is 9.64. The molecule has 2 atom stereocenters. The number of hydrogen-bond acceptors (Lipinski definition) is 9. The molecule has 4 aliphatic rings. The summed E-state index contributed by atoms with van der Waals surface area (Å²) in [7, 11) is 3.90. The van der Waals surface area contributed by atoms with Crippen molar-refractivity contribution < 1.29 is 38.5 Å². The number of aliphatic carboxylic acids is 1. The van der Waals surface area contributed by atoms with Crippen LogP contribution in [0.15, 0.2) is 54.6 Å². The zero-order valence-corrected chi connectivity index (χ0v) is 30.9. The van der Waals surface area contributed by atoms with E-state index in [0.717, 1.165) is 44.5 Å². The number of fused-ring (bicyclic) bond motifs is 11. The van der Waals surface area contributed by atoms with E-state index in [-0.39, 0.29) is 30.8 Å². The molecule has 53 heavy (non-hydrogen) atoms. The maximum absolute atomic E-state index is 13.7. The van der Waals surface area contributed by atoms with Crippen LogP contribution < -0.4 is 0 Å². The van der Waals surface area contributed by atoms with Crippen LogP contribution in [0, 0.1) is 12.8 Å². The van der Waals surface area contributed by atoms with Crippen molar-refractivity contribution in [3.63, 3.8) is 0 Å². The molecule has 0 spiro atoms. The molecule has 0 aromatic carbocycles. The molecule has 2 aromatic rings. The summed E-state index contributed by atoms with van der Waals surface area (Å²) in [4.78, 5) is 68.1. The van der Waals surface area contributed by atoms with Crippen LogP contribution in [0.2, 0.25) is 0 Å². The number of aromatic amines is 2. The van der Waals surface area contributed by atoms with Crippen LogP contribution in [0.25, 0.3) is 38.9 Å². The Hall–Kier alpha value is -6.04. The number of aromatic nitrogens is 4. The third-order valence-corrected chi connectivity index (χ3v) is 10.7. The van der Waals surface area contributed by atoms with Crippen LogP contribution in [0.5, 0.6) is 0 Å². The van der Waals surface area contributed by atoms with Crippen LogP contribution in [-0.4, -0.2) is 70.2 Å². The molecule has 0 saturated heterocycles. The number of allylic oxidation sites excluding steroid dienone is 8. The molecule has 3 aliphatic heterocycles. The monoisotopic (exact) mass is 718 g/mol. The molecular formula is C41H42N4O8. The molecule has 274 valence electrons. The standard InChI is InChI=1S/C41H42N4O8/c1-9-23-20(2)29-17-34-27-13-10-26(39(49)52-7)38(40(50)53-8)41(27,5)35(45-34)19-30-22(4)24(11-14-36(46)47)32(44-30)18-33-25(12-15-37(48)51-6)21(3)28(43-33)16-31(23)42-29/h9-10,13,16-19,38,43,45H,1,11-12,14-15H2,2-8H3,(H,46,47)/t38-,41+/m1/s1. The van der Waals surface area contributed by atoms with Gasteiger partial charge in [-0.25, -0.2) is 14.8 Å². The van der Waals surface area contributed by atoms with Gasteiger partial charge in [0.25, 0.3) is 0 Å². The van der Waals surface area contributed by atoms with Crippen molar-refractivity contribution in [2.45, 2.75) is 58.8 Å². The maximum Gasteiger partial charge on any atom is 0.334 e. The number of ether oxygens (including phenoxy) is 3. The lowest BCUT2D eigenvalue weighted by Crippen LogP contribution is -2.42. The summed E-state index contributed by atoms with van der Waals surface area (Å²) in [6.07, 6.45) is 5.79. The fourth-order valence-corrected chi connectivity index (χ4v) is 7.70. The van der Waals surface area contributed by atoms with E-state index in [0.29, 0.717) is 46.1 Å². The fourth-order valence-electron chi connectivity index (χ4n) is 7.70. The van der Waals surface area contributed by atoms with E-state index in [1.807, 2.05) is 52.0 Å². The van der Waals surface area contributed by atoms with Crippen molar-refractivity contribution in [2.75, 3.05) is 21.3 Å². The summed E-state index contributed by atoms with van der Waals surface area (Å²) in [6.45, 7) is 11.8. The Morgan fingerprint density at radius 2 is 1.55 bits per heavy atom. The second-order valence-electron chi connectivity index (χ2n) is 13.5. The quantitative estimate of drug-likeness (QED) is 0.189. The van der Waals surface area contributed by atoms with Crippen molar-refractivity contribution in [1.29, 1.82) is 0 Å². The highest BCUT2D eigenvalue weighted by molar-refractivity contribution is 6.02. The third-order valence-electron chi connectivity index (χ3n) is 10.7. The van der Waals surface area contributed by atoms with Crippen LogP contribution in [0.3, 0.4) is 0 Å². The van der Waals surface area contributed by atoms with Crippen LogP contribution >= 0.6 is 0 Å². The van der Waals surface area contributed by atoms with Gasteiger partial charge in [-0.1, -0.05) is 24.8 Å². The SMILES string of the molecule is C=CC1=C(C)c2cc3[nH]c(cc4nc(cc5[nH]c(cc1n2)c(C)c5CCC(=O)OC)C(CCC(=O)O)=C4C)[C@]1(C)C3=CC=C(C(=O)OC)[C@@H]1C(=O)OC. The van der Waals surface area contributed by atoms with Gasteiger partial charge in [0.2, 0.25) is 0 Å². The number of carboxylic acid groups (broad SMARTS) is 1. The molecule has 6 rings (SSSR count). The average Bonchev–Trinajstić information content (AvgIpc) is 3.79. The Morgan fingerprint density at radius 3 is 2.21 bits per heavy atom. The van der Waals surface area contributed by atoms with Gasteiger partial charge in [-0.15, -0.1) is 0 Å². The van der Waals surface area contributed by atoms with Crippen molar-refractivity contribution >= 4 is 62.8 Å². The van der Waals surface area contributed by atoms with Crippen molar-refractivity contribution in [1.82, 2.24) is 19.9 Å². The topological polar surface area (TPSA) is 174 Å². The van der Waals surface area contributed by atoms with E-state index < -0.39 is 29.2 Å². The minimum absolute atomic E-state index is 0.122. The van der Waals surface area contributed by atoms with Gasteiger partial charge in [0.1, 0.15) is 5.92 Å². The van der Waals surface area contributed by atoms with Gasteiger partial charge in [-0.3, -0.25) is 14.4 Å². The number of carbonyl (C=O) groups excluding carboxylic acids is 3. The van der Waals surface area contributed by atoms with Gasteiger partial charge < -0.3 is 29.3 Å². The highest BCUT2D eigenvalue weighted by Crippen LogP contribution is 2.52. The largest absolute Gasteiger partial charge is 0.481 e. The number of methoxy groups -OCH3 is 3. The smallest absolute Gasteiger partial charge is 0.334 e. The third kappa shape index (κ3) is 6.28. The molecule has 2 aromatic heterocycles. The van der Waals surface area contributed by atoms with Gasteiger partial charge in [-0.2, -0.15) is 0 Å². The Labute approximate surface area is 306 Å². The van der Waals surface area contributed by atoms with Gasteiger partial charge >= 0.3 is 23.9 Å². The molecule has 1 aliphatic carbocycles. The second-order valence-corrected chi connectivity index (χ2v) is 13.5. The molecule has 5 heterocycles. The fraction of sp³-hybridized carbons (Fsp3) is 0.317. The number of H-pyrrole nitrogens is 2. The van der Waals surface area contributed by atoms with Gasteiger partial charge in [0, 0.05) is 40.8 Å². The first kappa shape index (κ1) is 36.7. The summed E-state index contributed by atoms with van der Waals surface area (Å²) < 4.78 is 15.4. The van der Waals surface area contributed by atoms with E-state index in [1.54, 1.807) is 18.2 Å². The molecule has 0 saturated carbocycles. The van der Waals surface area contributed by atoms with Gasteiger partial charge in [0.05, 0.1) is 55.1 Å². The van der Waals surface area contributed by atoms with E-state index in [2.05, 4.69) is 16.5 Å². The van der Waals surface area contributed by atoms with Crippen LogP contribution in [0.4, 0.5) is 0 Å². The van der Waals surface area contributed by atoms with Crippen LogP contribution in [0.1, 0.15) is 85.3 Å². The highest BCUT2D eigenvalue weighted by Gasteiger charge is 2.53. The average molecular weight is 719 g/mol. The number of esters is 3. The minimum atomic E-state index is -1.15. The Kier molecular flexibility index (Phi) is 9.83. The number of nitrogens with zero attached hydrogens (tertiary/aromatic N) is 2. The molecule has 12 nitrogen and oxygen atoms in total. The zero-order chi connectivity index (χ0) is 38.4. The maximum atomic E-state index is 13.7. The number of carboxylic acids is 1. The predicted octanol–water partition coefficient (Wildman–Crippen LogP) is 6.61. The van der Waals surface area contributed by atoms with Crippen molar-refractivity contribution in [3.05, 3.63) is 99.9 Å². The molecule has 3 N–H and O–H groups in total. The van der Waals surface area contributed by atoms with Gasteiger partial charge in [-0.05, 0) is 98.2 Å². The van der Waals surface area contributed by atoms with Gasteiger partial charge in [0.15, 0.2) is 0 Å². The number of aryl methyl sites for hydroxylation is 2. The molecule has 8 bridgehead atoms. The molecule has 0 unspecified atom stereocenters. The summed E-state index contributed by atoms with van der Waals surface area (Å²) in [5.41, 5.74) is 9.93. The molecule has 0 fully saturated rings. The second kappa shape index (κ2) is 14.2. The van der Waals surface area contributed by atoms with Crippen LogP contribution in [-0.2, 0) is 45.2 Å². The summed E-state index contributed by atoms with van der Waals surface area (Å²) >= 11 is 0. The summed E-state index contributed by atoms with van der Waals surface area (Å²) in [5, 5.41) is 9.67. The minimum Gasteiger partial charge on any atom is -0.481 e. The summed E-state index contributed by atoms with van der Waals surface area (Å²) in [6, 6.07) is 7.59. The van der Waals surface area contributed by atoms with E-state index in [4.69, 9.17) is 24.2 Å². The predicted molar refractivity (Wildman–Crippen MR) is 200 cm³/mol. The molecule has 0 amide bonds.